The lowest BCUT2D eigenvalue weighted by Crippen LogP contribution is -2.31. The number of halogens is 2. The van der Waals surface area contributed by atoms with Gasteiger partial charge in [0.1, 0.15) is 18.5 Å². The lowest BCUT2D eigenvalue weighted by atomic mass is 10.3. The minimum Gasteiger partial charge on any atom is -0.491 e. The number of hydrogen-bond acceptors (Lipinski definition) is 4. The highest BCUT2D eigenvalue weighted by molar-refractivity contribution is 14.1. The van der Waals surface area contributed by atoms with Crippen LogP contribution in [0.5, 0.6) is 5.75 Å². The number of aromatic nitrogens is 1. The van der Waals surface area contributed by atoms with E-state index in [9.17, 15) is 5.11 Å². The van der Waals surface area contributed by atoms with E-state index in [4.69, 9.17) is 16.3 Å². The third kappa shape index (κ3) is 6.17. The molecular weight excluding hydrogens is 403 g/mol. The van der Waals surface area contributed by atoms with Gasteiger partial charge in [0.05, 0.1) is 10.7 Å². The predicted molar refractivity (Wildman–Crippen MR) is 91.6 cm³/mol. The Bertz CT molecular complexity index is 549. The van der Waals surface area contributed by atoms with Gasteiger partial charge >= 0.3 is 0 Å². The molecule has 0 bridgehead atoms. The fourth-order valence-electron chi connectivity index (χ4n) is 1.66. The van der Waals surface area contributed by atoms with Crippen LogP contribution in [0.4, 0.5) is 0 Å². The Labute approximate surface area is 142 Å². The smallest absolute Gasteiger partial charge is 0.119 e. The molecule has 0 radical (unpaired) electrons. The van der Waals surface area contributed by atoms with Crippen LogP contribution in [0.2, 0.25) is 5.02 Å². The second-order valence-electron chi connectivity index (χ2n) is 4.52. The molecule has 0 amide bonds. The van der Waals surface area contributed by atoms with Crippen molar-refractivity contribution in [3.8, 4) is 5.75 Å². The molecule has 0 aliphatic carbocycles. The molecule has 0 spiro atoms. The van der Waals surface area contributed by atoms with Gasteiger partial charge in [-0.15, -0.1) is 0 Å². The number of nitrogens with one attached hydrogen (secondary N) is 1. The Morgan fingerprint density at radius 2 is 2.00 bits per heavy atom. The summed E-state index contributed by atoms with van der Waals surface area (Å²) in [6, 6.07) is 11.4. The summed E-state index contributed by atoms with van der Waals surface area (Å²) in [4.78, 5) is 4.17. The molecule has 2 N–H and O–H groups in total. The van der Waals surface area contributed by atoms with Gasteiger partial charge in [0, 0.05) is 22.9 Å². The zero-order valence-corrected chi connectivity index (χ0v) is 14.2. The van der Waals surface area contributed by atoms with Crippen LogP contribution in [-0.2, 0) is 6.54 Å². The van der Waals surface area contributed by atoms with Crippen molar-refractivity contribution in [1.29, 1.82) is 0 Å². The van der Waals surface area contributed by atoms with Crippen LogP contribution in [-0.4, -0.2) is 29.3 Å². The van der Waals surface area contributed by atoms with Crippen LogP contribution >= 0.6 is 34.2 Å². The Balaban J connectivity index is 1.66. The van der Waals surface area contributed by atoms with Crippen molar-refractivity contribution in [3.05, 3.63) is 56.9 Å². The topological polar surface area (TPSA) is 54.4 Å². The van der Waals surface area contributed by atoms with E-state index < -0.39 is 6.10 Å². The van der Waals surface area contributed by atoms with Crippen LogP contribution < -0.4 is 10.1 Å². The molecular formula is C15H16ClIN2O2. The van der Waals surface area contributed by atoms with Crippen molar-refractivity contribution in [3.63, 3.8) is 0 Å². The van der Waals surface area contributed by atoms with E-state index in [0.29, 0.717) is 18.1 Å². The van der Waals surface area contributed by atoms with Gasteiger partial charge in [0.15, 0.2) is 0 Å². The molecule has 0 aliphatic rings. The number of aliphatic hydroxyl groups excluding tert-OH is 1. The predicted octanol–water partition coefficient (Wildman–Crippen LogP) is 2.87. The lowest BCUT2D eigenvalue weighted by molar-refractivity contribution is 0.106. The van der Waals surface area contributed by atoms with E-state index in [1.165, 1.54) is 0 Å². The number of nitrogens with zero attached hydrogens (tertiary/aromatic N) is 1. The number of benzene rings is 1. The zero-order chi connectivity index (χ0) is 15.1. The first-order chi connectivity index (χ1) is 10.1. The molecule has 0 saturated carbocycles. The summed E-state index contributed by atoms with van der Waals surface area (Å²) in [5.74, 6) is 0.758. The van der Waals surface area contributed by atoms with Crippen LogP contribution in [0, 0.1) is 3.57 Å². The van der Waals surface area contributed by atoms with E-state index in [-0.39, 0.29) is 6.61 Å². The second-order valence-corrected chi connectivity index (χ2v) is 6.20. The fraction of sp³-hybridized carbons (Fsp3) is 0.267. The maximum atomic E-state index is 9.86. The summed E-state index contributed by atoms with van der Waals surface area (Å²) < 4.78 is 6.67. The summed E-state index contributed by atoms with van der Waals surface area (Å²) >= 11 is 8.00. The Morgan fingerprint density at radius 1 is 1.24 bits per heavy atom. The number of rotatable bonds is 7. The molecule has 2 aromatic rings. The van der Waals surface area contributed by atoms with Gasteiger partial charge in [0.25, 0.3) is 0 Å². The standard InChI is InChI=1S/C15H16ClIN2O2/c16-11-1-4-13(19-7-11)8-18-9-14(20)10-21-15-5-2-12(17)3-6-15/h1-7,14,18,20H,8-10H2. The molecule has 6 heteroatoms. The minimum absolute atomic E-state index is 0.252. The summed E-state index contributed by atoms with van der Waals surface area (Å²) in [6.07, 6.45) is 1.03. The van der Waals surface area contributed by atoms with E-state index in [0.717, 1.165) is 15.0 Å². The molecule has 2 rings (SSSR count). The Kier molecular flexibility index (Phi) is 6.69. The van der Waals surface area contributed by atoms with Gasteiger partial charge in [-0.25, -0.2) is 0 Å². The van der Waals surface area contributed by atoms with Crippen molar-refractivity contribution < 1.29 is 9.84 Å². The van der Waals surface area contributed by atoms with E-state index in [2.05, 4.69) is 32.9 Å². The first-order valence-electron chi connectivity index (χ1n) is 6.51. The van der Waals surface area contributed by atoms with Crippen molar-refractivity contribution in [1.82, 2.24) is 10.3 Å². The van der Waals surface area contributed by atoms with Gasteiger partial charge in [-0.1, -0.05) is 11.6 Å². The number of ether oxygens (including phenoxy) is 1. The summed E-state index contributed by atoms with van der Waals surface area (Å²) in [7, 11) is 0. The molecule has 4 nitrogen and oxygen atoms in total. The number of hydrogen-bond donors (Lipinski definition) is 2. The third-order valence-electron chi connectivity index (χ3n) is 2.73. The largest absolute Gasteiger partial charge is 0.491 e. The first kappa shape index (κ1) is 16.5. The fourth-order valence-corrected chi connectivity index (χ4v) is 2.13. The van der Waals surface area contributed by atoms with Crippen molar-refractivity contribution in [2.24, 2.45) is 0 Å². The summed E-state index contributed by atoms with van der Waals surface area (Å²) in [5, 5.41) is 13.6. The monoisotopic (exact) mass is 418 g/mol. The number of aliphatic hydroxyl groups is 1. The zero-order valence-electron chi connectivity index (χ0n) is 11.3. The van der Waals surface area contributed by atoms with Crippen LogP contribution in [0.1, 0.15) is 5.69 Å². The average Bonchev–Trinajstić information content (AvgIpc) is 2.49. The van der Waals surface area contributed by atoms with E-state index in [1.54, 1.807) is 12.3 Å². The Hall–Kier alpha value is -0.890. The van der Waals surface area contributed by atoms with Gasteiger partial charge < -0.3 is 15.2 Å². The normalized spacial score (nSPS) is 12.1. The first-order valence-corrected chi connectivity index (χ1v) is 7.97. The third-order valence-corrected chi connectivity index (χ3v) is 3.67. The quantitative estimate of drug-likeness (QED) is 0.679. The number of pyridine rings is 1. The van der Waals surface area contributed by atoms with E-state index in [1.807, 2.05) is 30.3 Å². The SMILES string of the molecule is OC(CNCc1ccc(Cl)cn1)COc1ccc(I)cc1. The van der Waals surface area contributed by atoms with Crippen molar-refractivity contribution in [2.45, 2.75) is 12.6 Å². The Morgan fingerprint density at radius 3 is 2.67 bits per heavy atom. The van der Waals surface area contributed by atoms with Gasteiger partial charge in [-0.3, -0.25) is 4.98 Å². The average molecular weight is 419 g/mol. The van der Waals surface area contributed by atoms with Gasteiger partial charge in [-0.05, 0) is 59.0 Å². The highest BCUT2D eigenvalue weighted by Crippen LogP contribution is 2.13. The molecule has 0 fully saturated rings. The highest BCUT2D eigenvalue weighted by atomic mass is 127. The summed E-state index contributed by atoms with van der Waals surface area (Å²) in [5.41, 5.74) is 0.880. The van der Waals surface area contributed by atoms with Gasteiger partial charge in [0.2, 0.25) is 0 Å². The minimum atomic E-state index is -0.573. The van der Waals surface area contributed by atoms with Crippen LogP contribution in [0.3, 0.4) is 0 Å². The molecule has 1 heterocycles. The molecule has 1 aromatic carbocycles. The van der Waals surface area contributed by atoms with E-state index >= 15 is 0 Å². The summed E-state index contributed by atoms with van der Waals surface area (Å²) in [6.45, 7) is 1.27. The van der Waals surface area contributed by atoms with Crippen LogP contribution in [0.25, 0.3) is 0 Å². The maximum absolute atomic E-state index is 9.86. The molecule has 0 saturated heterocycles. The highest BCUT2D eigenvalue weighted by Gasteiger charge is 2.05. The lowest BCUT2D eigenvalue weighted by Gasteiger charge is -2.13. The second kappa shape index (κ2) is 8.53. The molecule has 21 heavy (non-hydrogen) atoms. The van der Waals surface area contributed by atoms with Crippen molar-refractivity contribution in [2.75, 3.05) is 13.2 Å². The molecule has 1 atom stereocenters. The molecule has 1 aromatic heterocycles. The molecule has 1 unspecified atom stereocenters. The van der Waals surface area contributed by atoms with Crippen LogP contribution in [0.15, 0.2) is 42.6 Å². The maximum Gasteiger partial charge on any atom is 0.119 e. The van der Waals surface area contributed by atoms with Crippen molar-refractivity contribution >= 4 is 34.2 Å². The molecule has 112 valence electrons. The van der Waals surface area contributed by atoms with Gasteiger partial charge in [-0.2, -0.15) is 0 Å². The molecule has 0 aliphatic heterocycles.